The summed E-state index contributed by atoms with van der Waals surface area (Å²) in [5.74, 6) is 3.24. The van der Waals surface area contributed by atoms with Crippen molar-refractivity contribution in [2.75, 3.05) is 36.0 Å². The highest BCUT2D eigenvalue weighted by molar-refractivity contribution is 6.18. The molecule has 4 heteroatoms. The van der Waals surface area contributed by atoms with Gasteiger partial charge in [0.15, 0.2) is 0 Å². The Bertz CT molecular complexity index is 2100. The van der Waals surface area contributed by atoms with Crippen LogP contribution in [-0.2, 0) is 0 Å². The summed E-state index contributed by atoms with van der Waals surface area (Å²) in [7, 11) is 0. The number of furan rings is 2. The third-order valence-electron chi connectivity index (χ3n) is 11.6. The molecule has 0 radical (unpaired) electrons. The van der Waals surface area contributed by atoms with Crippen LogP contribution in [0.5, 0.6) is 0 Å². The van der Waals surface area contributed by atoms with Gasteiger partial charge in [-0.25, -0.2) is 0 Å². The zero-order chi connectivity index (χ0) is 31.1. The van der Waals surface area contributed by atoms with Crippen LogP contribution in [0.4, 0.5) is 11.4 Å². The Labute approximate surface area is 270 Å². The van der Waals surface area contributed by atoms with Gasteiger partial charge in [-0.1, -0.05) is 39.8 Å². The summed E-state index contributed by atoms with van der Waals surface area (Å²) in [6.45, 7) is 14.0. The molecule has 2 aliphatic rings. The zero-order valence-corrected chi connectivity index (χ0v) is 27.6. The average molecular weight is 609 g/mol. The highest BCUT2D eigenvalue weighted by Gasteiger charge is 2.23. The molecule has 2 aromatic heterocycles. The van der Waals surface area contributed by atoms with Gasteiger partial charge in [-0.3, -0.25) is 0 Å². The van der Waals surface area contributed by atoms with Gasteiger partial charge >= 0.3 is 0 Å². The molecular weight excluding hydrogens is 564 g/mol. The van der Waals surface area contributed by atoms with Crippen molar-refractivity contribution in [3.8, 4) is 0 Å². The van der Waals surface area contributed by atoms with E-state index in [-0.39, 0.29) is 0 Å². The Morgan fingerprint density at radius 3 is 1.26 bits per heavy atom. The molecule has 7 aromatic rings. The van der Waals surface area contributed by atoms with E-state index in [4.69, 9.17) is 8.83 Å². The third kappa shape index (κ3) is 4.63. The number of nitrogens with zero attached hydrogens (tertiary/aromatic N) is 2. The maximum Gasteiger partial charge on any atom is 0.139 e. The van der Waals surface area contributed by atoms with E-state index in [1.807, 2.05) is 0 Å². The van der Waals surface area contributed by atoms with E-state index in [9.17, 15) is 0 Å². The van der Waals surface area contributed by atoms with Gasteiger partial charge < -0.3 is 18.6 Å². The molecule has 0 bridgehead atoms. The Hall–Kier alpha value is -4.18. The largest absolute Gasteiger partial charge is 0.456 e. The molecule has 0 unspecified atom stereocenters. The van der Waals surface area contributed by atoms with Crippen molar-refractivity contribution in [3.63, 3.8) is 0 Å². The van der Waals surface area contributed by atoms with E-state index in [1.54, 1.807) is 0 Å². The number of hydrogen-bond donors (Lipinski definition) is 0. The van der Waals surface area contributed by atoms with Crippen molar-refractivity contribution in [1.29, 1.82) is 0 Å². The van der Waals surface area contributed by atoms with Gasteiger partial charge in [-0.15, -0.1) is 0 Å². The maximum atomic E-state index is 6.49. The van der Waals surface area contributed by atoms with E-state index in [0.29, 0.717) is 0 Å². The van der Waals surface area contributed by atoms with Crippen LogP contribution in [0.15, 0.2) is 81.6 Å². The van der Waals surface area contributed by atoms with E-state index >= 15 is 0 Å². The highest BCUT2D eigenvalue weighted by Crippen LogP contribution is 2.40. The first kappa shape index (κ1) is 28.1. The Morgan fingerprint density at radius 2 is 0.848 bits per heavy atom. The molecule has 2 fully saturated rings. The van der Waals surface area contributed by atoms with Crippen LogP contribution in [0.3, 0.4) is 0 Å². The lowest BCUT2D eigenvalue weighted by molar-refractivity contribution is 0.311. The first-order chi connectivity index (χ1) is 22.4. The fraction of sp³-hybridized carbons (Fsp3) is 0.381. The van der Waals surface area contributed by atoms with Gasteiger partial charge in [0.1, 0.15) is 22.3 Å². The van der Waals surface area contributed by atoms with Gasteiger partial charge in [0.05, 0.1) is 0 Å². The number of fused-ring (bicyclic) bond motifs is 8. The van der Waals surface area contributed by atoms with Crippen LogP contribution in [0, 0.1) is 23.7 Å². The van der Waals surface area contributed by atoms with Gasteiger partial charge in [0.2, 0.25) is 0 Å². The van der Waals surface area contributed by atoms with E-state index < -0.39 is 0 Å². The molecule has 4 nitrogen and oxygen atoms in total. The second kappa shape index (κ2) is 10.7. The van der Waals surface area contributed by atoms with Crippen molar-refractivity contribution in [2.24, 2.45) is 23.7 Å². The van der Waals surface area contributed by atoms with Crippen LogP contribution in [0.2, 0.25) is 0 Å². The number of piperidine rings is 2. The minimum atomic E-state index is 0.774. The lowest BCUT2D eigenvalue weighted by atomic mass is 9.86. The molecule has 0 spiro atoms. The van der Waals surface area contributed by atoms with Crippen molar-refractivity contribution < 1.29 is 8.83 Å². The SMILES string of the molecule is CC(C)C1CCN(c2ccc3cc4c(cc3c2)oc2cc3oc5cc6cc(N7CCC(C(C)C)CC7)ccc6cc5c3cc24)CC1. The highest BCUT2D eigenvalue weighted by atomic mass is 16.3. The molecule has 0 aliphatic carbocycles. The van der Waals surface area contributed by atoms with Gasteiger partial charge in [0, 0.05) is 65.2 Å². The molecule has 0 saturated carbocycles. The lowest BCUT2D eigenvalue weighted by Gasteiger charge is -2.35. The smallest absolute Gasteiger partial charge is 0.139 e. The van der Waals surface area contributed by atoms with Crippen LogP contribution >= 0.6 is 0 Å². The van der Waals surface area contributed by atoms with Crippen molar-refractivity contribution in [1.82, 2.24) is 0 Å². The number of anilines is 2. The molecule has 0 atom stereocenters. The molecule has 9 rings (SSSR count). The van der Waals surface area contributed by atoms with Crippen molar-refractivity contribution in [3.05, 3.63) is 72.8 Å². The molecule has 2 aliphatic heterocycles. The number of benzene rings is 5. The van der Waals surface area contributed by atoms with Crippen molar-refractivity contribution >= 4 is 76.8 Å². The number of hydrogen-bond acceptors (Lipinski definition) is 4. The maximum absolute atomic E-state index is 6.49. The van der Waals surface area contributed by atoms with Crippen LogP contribution < -0.4 is 9.80 Å². The minimum Gasteiger partial charge on any atom is -0.456 e. The van der Waals surface area contributed by atoms with E-state index in [2.05, 4.69) is 110 Å². The molecule has 0 N–H and O–H groups in total. The van der Waals surface area contributed by atoms with Gasteiger partial charge in [0.25, 0.3) is 0 Å². The van der Waals surface area contributed by atoms with E-state index in [1.165, 1.54) is 58.6 Å². The number of rotatable bonds is 4. The average Bonchev–Trinajstić information content (AvgIpc) is 3.60. The predicted molar refractivity (Wildman–Crippen MR) is 196 cm³/mol. The van der Waals surface area contributed by atoms with Crippen molar-refractivity contribution in [2.45, 2.75) is 53.4 Å². The van der Waals surface area contributed by atoms with Crippen LogP contribution in [0.25, 0.3) is 65.4 Å². The zero-order valence-electron chi connectivity index (χ0n) is 27.6. The first-order valence-electron chi connectivity index (χ1n) is 17.6. The molecule has 234 valence electrons. The fourth-order valence-electron chi connectivity index (χ4n) is 8.55. The summed E-state index contributed by atoms with van der Waals surface area (Å²) in [4.78, 5) is 5.11. The second-order valence-electron chi connectivity index (χ2n) is 14.9. The predicted octanol–water partition coefficient (Wildman–Crippen LogP) is 11.5. The molecule has 5 aromatic carbocycles. The van der Waals surface area contributed by atoms with Crippen LogP contribution in [-0.4, -0.2) is 26.2 Å². The summed E-state index contributed by atoms with van der Waals surface area (Å²) in [5, 5.41) is 9.59. The lowest BCUT2D eigenvalue weighted by Crippen LogP contribution is -2.35. The summed E-state index contributed by atoms with van der Waals surface area (Å²) in [6.07, 6.45) is 5.12. The molecule has 2 saturated heterocycles. The topological polar surface area (TPSA) is 32.8 Å². The second-order valence-corrected chi connectivity index (χ2v) is 14.9. The standard InChI is InChI=1S/C42H44N2O2/c1-25(2)27-9-13-43(14-10-27)33-7-5-29-19-35-37-23-38-36-20-30-6-8-34(44-15-11-28(12-16-44)26(3)4)18-32(30)22-40(36)46-42(38)24-41(37)45-39(35)21-31(29)17-33/h5-8,17-28H,9-16H2,1-4H3. The normalized spacial score (nSPS) is 17.4. The van der Waals surface area contributed by atoms with E-state index in [0.717, 1.165) is 93.7 Å². The quantitative estimate of drug-likeness (QED) is 0.199. The minimum absolute atomic E-state index is 0.774. The van der Waals surface area contributed by atoms with Gasteiger partial charge in [-0.2, -0.15) is 0 Å². The Morgan fingerprint density at radius 1 is 0.457 bits per heavy atom. The molecule has 4 heterocycles. The summed E-state index contributed by atoms with van der Waals surface area (Å²) in [5.41, 5.74) is 6.28. The molecular formula is C42H44N2O2. The molecule has 46 heavy (non-hydrogen) atoms. The Kier molecular flexibility index (Phi) is 6.52. The summed E-state index contributed by atoms with van der Waals surface area (Å²) >= 11 is 0. The van der Waals surface area contributed by atoms with Gasteiger partial charge in [-0.05, 0) is 125 Å². The third-order valence-corrected chi connectivity index (χ3v) is 11.6. The first-order valence-corrected chi connectivity index (χ1v) is 17.6. The summed E-state index contributed by atoms with van der Waals surface area (Å²) < 4.78 is 13.0. The summed E-state index contributed by atoms with van der Waals surface area (Å²) in [6, 6.07) is 27.3. The monoisotopic (exact) mass is 608 g/mol. The Balaban J connectivity index is 1.06. The van der Waals surface area contributed by atoms with Crippen LogP contribution in [0.1, 0.15) is 53.4 Å². The molecule has 0 amide bonds. The fourth-order valence-corrected chi connectivity index (χ4v) is 8.55.